The molecule has 3 aliphatic heterocycles. The largest absolute Gasteiger partial charge is 0.481 e. The van der Waals surface area contributed by atoms with Gasteiger partial charge < -0.3 is 19.6 Å². The Balaban J connectivity index is 1.69. The number of carbonyl (C=O) groups is 3. The zero-order valence-corrected chi connectivity index (χ0v) is 14.9. The van der Waals surface area contributed by atoms with Crippen molar-refractivity contribution in [1.82, 2.24) is 14.7 Å². The van der Waals surface area contributed by atoms with Crippen LogP contribution in [0.15, 0.2) is 0 Å². The second-order valence-corrected chi connectivity index (χ2v) is 7.66. The highest BCUT2D eigenvalue weighted by molar-refractivity contribution is 5.82. The number of carbonyl (C=O) groups excluding carboxylic acids is 2. The van der Waals surface area contributed by atoms with Gasteiger partial charge in [-0.2, -0.15) is 0 Å². The maximum atomic E-state index is 12.5. The molecule has 0 aromatic rings. The van der Waals surface area contributed by atoms with E-state index in [-0.39, 0.29) is 42.2 Å². The molecule has 8 nitrogen and oxygen atoms in total. The van der Waals surface area contributed by atoms with Crippen molar-refractivity contribution >= 4 is 17.8 Å². The molecule has 3 rings (SSSR count). The van der Waals surface area contributed by atoms with Gasteiger partial charge in [-0.25, -0.2) is 0 Å². The lowest BCUT2D eigenvalue weighted by Crippen LogP contribution is -2.81. The Bertz CT molecular complexity index is 558. The van der Waals surface area contributed by atoms with Gasteiger partial charge in [-0.3, -0.25) is 19.3 Å². The summed E-state index contributed by atoms with van der Waals surface area (Å²) in [5.41, 5.74) is -0.212. The first kappa shape index (κ1) is 18.1. The minimum Gasteiger partial charge on any atom is -0.481 e. The molecule has 140 valence electrons. The summed E-state index contributed by atoms with van der Waals surface area (Å²) in [5.74, 6) is -0.991. The molecule has 1 spiro atoms. The molecule has 25 heavy (non-hydrogen) atoms. The average Bonchev–Trinajstić information content (AvgIpc) is 2.55. The van der Waals surface area contributed by atoms with Crippen LogP contribution in [0.5, 0.6) is 0 Å². The van der Waals surface area contributed by atoms with Crippen LogP contribution >= 0.6 is 0 Å². The van der Waals surface area contributed by atoms with Gasteiger partial charge in [0, 0.05) is 45.1 Å². The molecule has 0 aromatic heterocycles. The maximum absolute atomic E-state index is 12.5. The fourth-order valence-electron chi connectivity index (χ4n) is 4.22. The number of ether oxygens (including phenoxy) is 1. The first-order chi connectivity index (χ1) is 11.8. The van der Waals surface area contributed by atoms with Gasteiger partial charge in [-0.15, -0.1) is 0 Å². The van der Waals surface area contributed by atoms with E-state index in [4.69, 9.17) is 9.84 Å². The molecule has 0 bridgehead atoms. The van der Waals surface area contributed by atoms with Crippen molar-refractivity contribution in [3.63, 3.8) is 0 Å². The monoisotopic (exact) mass is 353 g/mol. The van der Waals surface area contributed by atoms with Gasteiger partial charge in [-0.1, -0.05) is 13.8 Å². The molecular weight excluding hydrogens is 326 g/mol. The number of nitrogens with zero attached hydrogens (tertiary/aromatic N) is 3. The van der Waals surface area contributed by atoms with E-state index < -0.39 is 5.97 Å². The lowest BCUT2D eigenvalue weighted by Gasteiger charge is -2.63. The van der Waals surface area contributed by atoms with E-state index in [1.165, 1.54) is 0 Å². The fourth-order valence-corrected chi connectivity index (χ4v) is 4.22. The van der Waals surface area contributed by atoms with Crippen molar-refractivity contribution in [3.05, 3.63) is 0 Å². The third-order valence-electron chi connectivity index (χ3n) is 5.43. The maximum Gasteiger partial charge on any atom is 0.303 e. The Hall–Kier alpha value is -1.67. The summed E-state index contributed by atoms with van der Waals surface area (Å²) in [4.78, 5) is 41.4. The molecule has 3 saturated heterocycles. The first-order valence-corrected chi connectivity index (χ1v) is 8.95. The highest BCUT2D eigenvalue weighted by Crippen LogP contribution is 2.36. The van der Waals surface area contributed by atoms with Crippen LogP contribution in [0, 0.1) is 5.92 Å². The van der Waals surface area contributed by atoms with Gasteiger partial charge in [0.15, 0.2) is 0 Å². The zero-order valence-electron chi connectivity index (χ0n) is 14.9. The van der Waals surface area contributed by atoms with Crippen LogP contribution in [0.1, 0.15) is 26.7 Å². The molecule has 1 N–H and O–H groups in total. The van der Waals surface area contributed by atoms with Crippen molar-refractivity contribution in [2.75, 3.05) is 45.9 Å². The minimum absolute atomic E-state index is 0.0343. The quantitative estimate of drug-likeness (QED) is 0.742. The van der Waals surface area contributed by atoms with Gasteiger partial charge in [0.25, 0.3) is 0 Å². The van der Waals surface area contributed by atoms with Crippen LogP contribution in [-0.4, -0.2) is 95.1 Å². The summed E-state index contributed by atoms with van der Waals surface area (Å²) in [6.07, 6.45) is -0.104. The Kier molecular flexibility index (Phi) is 5.02. The van der Waals surface area contributed by atoms with Gasteiger partial charge in [0.2, 0.25) is 11.8 Å². The Morgan fingerprint density at radius 1 is 1.16 bits per heavy atom. The van der Waals surface area contributed by atoms with Gasteiger partial charge in [0.1, 0.15) is 0 Å². The summed E-state index contributed by atoms with van der Waals surface area (Å²) in [6.45, 7) is 8.32. The number of aliphatic carboxylic acids is 1. The second kappa shape index (κ2) is 6.92. The molecule has 1 atom stereocenters. The topological polar surface area (TPSA) is 90.4 Å². The molecule has 3 fully saturated rings. The standard InChI is InChI=1S/C17H27N3O5/c1-12(2)16(24)18-7-13-8-25-6-5-20(13)17(9-18)10-19(11-17)14(21)3-4-15(22)23/h12-13H,3-11H2,1-2H3,(H,22,23). The second-order valence-electron chi connectivity index (χ2n) is 7.66. The predicted molar refractivity (Wildman–Crippen MR) is 88.9 cm³/mol. The van der Waals surface area contributed by atoms with Crippen molar-refractivity contribution in [2.24, 2.45) is 5.92 Å². The van der Waals surface area contributed by atoms with Crippen LogP contribution in [-0.2, 0) is 19.1 Å². The molecule has 0 radical (unpaired) electrons. The Morgan fingerprint density at radius 2 is 1.84 bits per heavy atom. The number of amides is 2. The van der Waals surface area contributed by atoms with Crippen LogP contribution in [0.2, 0.25) is 0 Å². The van der Waals surface area contributed by atoms with Gasteiger partial charge >= 0.3 is 5.97 Å². The number of hydrogen-bond donors (Lipinski definition) is 1. The fraction of sp³-hybridized carbons (Fsp3) is 0.824. The van der Waals surface area contributed by atoms with Crippen LogP contribution in [0.4, 0.5) is 0 Å². The number of morpholine rings is 1. The smallest absolute Gasteiger partial charge is 0.303 e. The van der Waals surface area contributed by atoms with Crippen LogP contribution < -0.4 is 0 Å². The summed E-state index contributed by atoms with van der Waals surface area (Å²) < 4.78 is 5.60. The van der Waals surface area contributed by atoms with E-state index in [1.807, 2.05) is 18.7 Å². The van der Waals surface area contributed by atoms with E-state index in [9.17, 15) is 14.4 Å². The highest BCUT2D eigenvalue weighted by Gasteiger charge is 2.55. The number of fused-ring (bicyclic) bond motifs is 2. The molecule has 3 heterocycles. The van der Waals surface area contributed by atoms with Crippen molar-refractivity contribution in [3.8, 4) is 0 Å². The predicted octanol–water partition coefficient (Wildman–Crippen LogP) is -0.369. The van der Waals surface area contributed by atoms with Crippen molar-refractivity contribution in [1.29, 1.82) is 0 Å². The number of likely N-dealkylation sites (tertiary alicyclic amines) is 1. The third kappa shape index (κ3) is 3.50. The number of rotatable bonds is 4. The summed E-state index contributed by atoms with van der Waals surface area (Å²) >= 11 is 0. The molecule has 1 unspecified atom stereocenters. The number of piperazine rings is 1. The molecule has 2 amide bonds. The van der Waals surface area contributed by atoms with Crippen LogP contribution in [0.3, 0.4) is 0 Å². The van der Waals surface area contributed by atoms with Crippen molar-refractivity contribution in [2.45, 2.75) is 38.3 Å². The lowest BCUT2D eigenvalue weighted by atomic mass is 9.82. The van der Waals surface area contributed by atoms with E-state index in [2.05, 4.69) is 4.90 Å². The average molecular weight is 353 g/mol. The Morgan fingerprint density at radius 3 is 2.48 bits per heavy atom. The molecule has 3 aliphatic rings. The van der Waals surface area contributed by atoms with Crippen LogP contribution in [0.25, 0.3) is 0 Å². The Labute approximate surface area is 147 Å². The summed E-state index contributed by atoms with van der Waals surface area (Å²) in [7, 11) is 0. The SMILES string of the molecule is CC(C)C(=O)N1CC2COCCN2C2(CN(C(=O)CCC(=O)O)C2)C1. The normalized spacial score (nSPS) is 25.6. The molecule has 0 aromatic carbocycles. The van der Waals surface area contributed by atoms with E-state index in [0.717, 1.165) is 6.54 Å². The first-order valence-electron chi connectivity index (χ1n) is 8.95. The zero-order chi connectivity index (χ0) is 18.2. The lowest BCUT2D eigenvalue weighted by molar-refractivity contribution is -0.182. The van der Waals surface area contributed by atoms with Crippen molar-refractivity contribution < 1.29 is 24.2 Å². The molecule has 8 heteroatoms. The van der Waals surface area contributed by atoms with Gasteiger partial charge in [-0.05, 0) is 0 Å². The summed E-state index contributed by atoms with van der Waals surface area (Å²) in [5, 5.41) is 8.74. The minimum atomic E-state index is -0.955. The number of carboxylic acid groups (broad SMARTS) is 1. The summed E-state index contributed by atoms with van der Waals surface area (Å²) in [6, 6.07) is 0.168. The van der Waals surface area contributed by atoms with E-state index in [1.54, 1.807) is 4.90 Å². The molecule has 0 saturated carbocycles. The molecular formula is C17H27N3O5. The number of hydrogen-bond acceptors (Lipinski definition) is 5. The number of carboxylic acids is 1. The van der Waals surface area contributed by atoms with Gasteiger partial charge in [0.05, 0.1) is 31.2 Å². The van der Waals surface area contributed by atoms with E-state index >= 15 is 0 Å². The highest BCUT2D eigenvalue weighted by atomic mass is 16.5. The third-order valence-corrected chi connectivity index (χ3v) is 5.43. The molecule has 0 aliphatic carbocycles. The van der Waals surface area contributed by atoms with E-state index in [0.29, 0.717) is 39.4 Å².